The number of methoxy groups -OCH3 is 2. The molecule has 0 unspecified atom stereocenters. The highest BCUT2D eigenvalue weighted by Gasteiger charge is 2.23. The first kappa shape index (κ1) is 22.2. The largest absolute Gasteiger partial charge is 0.495 e. The molecule has 0 saturated carbocycles. The van der Waals surface area contributed by atoms with Crippen LogP contribution in [0, 0.1) is 0 Å². The lowest BCUT2D eigenvalue weighted by Gasteiger charge is -2.30. The lowest BCUT2D eigenvalue weighted by molar-refractivity contribution is 0.264. The summed E-state index contributed by atoms with van der Waals surface area (Å²) in [4.78, 5) is 11.5. The van der Waals surface area contributed by atoms with Crippen molar-refractivity contribution >= 4 is 51.4 Å². The molecular weight excluding hydrogens is 459 g/mol. The number of piperidine rings is 1. The predicted octanol–water partition coefficient (Wildman–Crippen LogP) is 5.78. The van der Waals surface area contributed by atoms with Crippen LogP contribution in [0.25, 0.3) is 22.0 Å². The van der Waals surface area contributed by atoms with E-state index in [0.29, 0.717) is 44.0 Å². The number of anilines is 1. The van der Waals surface area contributed by atoms with Crippen molar-refractivity contribution in [2.75, 3.05) is 39.7 Å². The Morgan fingerprint density at radius 2 is 1.65 bits per heavy atom. The molecule has 31 heavy (non-hydrogen) atoms. The van der Waals surface area contributed by atoms with E-state index in [4.69, 9.17) is 49.3 Å². The number of pyridine rings is 2. The van der Waals surface area contributed by atoms with E-state index in [1.165, 1.54) is 0 Å². The molecule has 0 aliphatic carbocycles. The van der Waals surface area contributed by atoms with Gasteiger partial charge in [-0.15, -0.1) is 0 Å². The molecule has 0 spiro atoms. The Morgan fingerprint density at radius 3 is 2.26 bits per heavy atom. The molecule has 1 saturated heterocycles. The summed E-state index contributed by atoms with van der Waals surface area (Å²) in [6, 6.07) is 5.68. The van der Waals surface area contributed by atoms with Crippen LogP contribution < -0.4 is 14.8 Å². The van der Waals surface area contributed by atoms with Gasteiger partial charge in [-0.2, -0.15) is 0 Å². The van der Waals surface area contributed by atoms with E-state index in [9.17, 15) is 0 Å². The van der Waals surface area contributed by atoms with Crippen molar-refractivity contribution in [3.63, 3.8) is 0 Å². The first-order chi connectivity index (χ1) is 14.9. The molecule has 0 atom stereocenters. The predicted molar refractivity (Wildman–Crippen MR) is 127 cm³/mol. The summed E-state index contributed by atoms with van der Waals surface area (Å²) >= 11 is 19.5. The molecule has 2 aromatic heterocycles. The zero-order valence-electron chi connectivity index (χ0n) is 17.5. The van der Waals surface area contributed by atoms with Crippen LogP contribution in [0.4, 0.5) is 5.82 Å². The number of hydrogen-bond donors (Lipinski definition) is 1. The number of fused-ring (bicyclic) bond motifs is 1. The zero-order chi connectivity index (χ0) is 22.1. The maximum absolute atomic E-state index is 6.65. The van der Waals surface area contributed by atoms with Crippen molar-refractivity contribution < 1.29 is 9.47 Å². The van der Waals surface area contributed by atoms with Crippen molar-refractivity contribution in [1.29, 1.82) is 0 Å². The van der Waals surface area contributed by atoms with Crippen LogP contribution in [0.1, 0.15) is 12.8 Å². The topological polar surface area (TPSA) is 59.5 Å². The third-order valence-corrected chi connectivity index (χ3v) is 6.53. The Labute approximate surface area is 196 Å². The van der Waals surface area contributed by atoms with Gasteiger partial charge in [-0.05, 0) is 45.1 Å². The number of likely N-dealkylation sites (tertiary alicyclic amines) is 1. The van der Waals surface area contributed by atoms with Gasteiger partial charge in [-0.3, -0.25) is 0 Å². The molecule has 1 aliphatic heterocycles. The zero-order valence-corrected chi connectivity index (χ0v) is 19.8. The minimum absolute atomic E-state index is 0.305. The monoisotopic (exact) mass is 480 g/mol. The number of nitrogens with one attached hydrogen (secondary N) is 1. The smallest absolute Gasteiger partial charge is 0.141 e. The summed E-state index contributed by atoms with van der Waals surface area (Å²) in [7, 11) is 5.23. The lowest BCUT2D eigenvalue weighted by atomic mass is 10.0. The first-order valence-corrected chi connectivity index (χ1v) is 11.1. The van der Waals surface area contributed by atoms with Crippen molar-refractivity contribution in [3.05, 3.63) is 39.6 Å². The lowest BCUT2D eigenvalue weighted by Crippen LogP contribution is -2.36. The van der Waals surface area contributed by atoms with Crippen molar-refractivity contribution in [1.82, 2.24) is 14.9 Å². The Bertz CT molecular complexity index is 1090. The van der Waals surface area contributed by atoms with Gasteiger partial charge in [-0.1, -0.05) is 34.8 Å². The molecule has 3 aromatic rings. The van der Waals surface area contributed by atoms with Crippen LogP contribution in [0.2, 0.25) is 15.2 Å². The molecule has 3 heterocycles. The molecule has 6 nitrogen and oxygen atoms in total. The minimum atomic E-state index is 0.305. The van der Waals surface area contributed by atoms with Gasteiger partial charge >= 0.3 is 0 Å². The van der Waals surface area contributed by atoms with Gasteiger partial charge in [0.05, 0.1) is 30.0 Å². The SMILES string of the molecule is COc1cc(OC)c(Cl)c(-c2cc3cnc(Cl)cc3c(NC3CCN(C)CC3)n2)c1Cl. The molecular formula is C22H23Cl3N4O2. The van der Waals surface area contributed by atoms with E-state index in [1.54, 1.807) is 26.5 Å². The van der Waals surface area contributed by atoms with E-state index < -0.39 is 0 Å². The molecule has 164 valence electrons. The number of ether oxygens (including phenoxy) is 2. The highest BCUT2D eigenvalue weighted by Crippen LogP contribution is 2.46. The summed E-state index contributed by atoms with van der Waals surface area (Å²) in [6.07, 6.45) is 3.77. The van der Waals surface area contributed by atoms with E-state index in [2.05, 4.69) is 22.2 Å². The van der Waals surface area contributed by atoms with Gasteiger partial charge in [0.2, 0.25) is 0 Å². The standard InChI is InChI=1S/C22H23Cl3N4O2/c1-29-6-4-13(5-7-29)27-22-14-9-18(23)26-11-12(14)8-15(28-22)19-20(24)16(30-2)10-17(31-3)21(19)25/h8-11,13H,4-7H2,1-3H3,(H,27,28). The first-order valence-electron chi connectivity index (χ1n) is 9.93. The van der Waals surface area contributed by atoms with Gasteiger partial charge in [0.15, 0.2) is 0 Å². The van der Waals surface area contributed by atoms with Crippen LogP contribution in [-0.2, 0) is 0 Å². The maximum Gasteiger partial charge on any atom is 0.141 e. The molecule has 1 aromatic carbocycles. The molecule has 9 heteroatoms. The van der Waals surface area contributed by atoms with Crippen molar-refractivity contribution in [2.24, 2.45) is 0 Å². The highest BCUT2D eigenvalue weighted by atomic mass is 35.5. The second-order valence-corrected chi connectivity index (χ2v) is 8.73. The van der Waals surface area contributed by atoms with Crippen molar-refractivity contribution in [3.8, 4) is 22.8 Å². The highest BCUT2D eigenvalue weighted by molar-refractivity contribution is 6.41. The maximum atomic E-state index is 6.65. The van der Waals surface area contributed by atoms with Crippen LogP contribution in [0.3, 0.4) is 0 Å². The van der Waals surface area contributed by atoms with Crippen molar-refractivity contribution in [2.45, 2.75) is 18.9 Å². The molecule has 1 fully saturated rings. The summed E-state index contributed by atoms with van der Waals surface area (Å²) < 4.78 is 10.8. The molecule has 0 amide bonds. The van der Waals surface area contributed by atoms with Crippen LogP contribution in [0.5, 0.6) is 11.5 Å². The number of rotatable bonds is 5. The van der Waals surface area contributed by atoms with Gasteiger partial charge in [0.25, 0.3) is 0 Å². The van der Waals surface area contributed by atoms with E-state index in [-0.39, 0.29) is 0 Å². The fourth-order valence-electron chi connectivity index (χ4n) is 3.82. The summed E-state index contributed by atoms with van der Waals surface area (Å²) in [5, 5.41) is 6.52. The van der Waals surface area contributed by atoms with Crippen LogP contribution >= 0.6 is 34.8 Å². The summed E-state index contributed by atoms with van der Waals surface area (Å²) in [5.41, 5.74) is 1.14. The average molecular weight is 482 g/mol. The fraction of sp³-hybridized carbons (Fsp3) is 0.364. The van der Waals surface area contributed by atoms with E-state index in [1.807, 2.05) is 12.1 Å². The average Bonchev–Trinajstić information content (AvgIpc) is 2.76. The quantitative estimate of drug-likeness (QED) is 0.466. The third kappa shape index (κ3) is 4.48. The molecule has 0 bridgehead atoms. The molecule has 0 radical (unpaired) electrons. The Morgan fingerprint density at radius 1 is 1.00 bits per heavy atom. The number of aromatic nitrogens is 2. The number of halogens is 3. The van der Waals surface area contributed by atoms with Gasteiger partial charge in [0, 0.05) is 34.6 Å². The molecule has 1 aliphatic rings. The van der Waals surface area contributed by atoms with Gasteiger partial charge in [-0.25, -0.2) is 9.97 Å². The molecule has 4 rings (SSSR count). The van der Waals surface area contributed by atoms with Gasteiger partial charge < -0.3 is 19.7 Å². The van der Waals surface area contributed by atoms with E-state index >= 15 is 0 Å². The minimum Gasteiger partial charge on any atom is -0.495 e. The fourth-order valence-corrected chi connectivity index (χ4v) is 4.67. The second kappa shape index (κ2) is 9.25. The number of hydrogen-bond acceptors (Lipinski definition) is 6. The molecule has 1 N–H and O–H groups in total. The van der Waals surface area contributed by atoms with Crippen LogP contribution in [0.15, 0.2) is 24.4 Å². The second-order valence-electron chi connectivity index (χ2n) is 7.59. The number of benzene rings is 1. The number of nitrogens with zero attached hydrogens (tertiary/aromatic N) is 3. The third-order valence-electron chi connectivity index (χ3n) is 5.57. The summed E-state index contributed by atoms with van der Waals surface area (Å²) in [6.45, 7) is 2.06. The Balaban J connectivity index is 1.87. The Kier molecular flexibility index (Phi) is 6.63. The summed E-state index contributed by atoms with van der Waals surface area (Å²) in [5.74, 6) is 1.64. The van der Waals surface area contributed by atoms with Gasteiger partial charge in [0.1, 0.15) is 22.5 Å². The van der Waals surface area contributed by atoms with Crippen LogP contribution in [-0.4, -0.2) is 55.3 Å². The normalized spacial score (nSPS) is 15.3. The van der Waals surface area contributed by atoms with E-state index in [0.717, 1.165) is 42.5 Å². The Hall–Kier alpha value is -1.99.